The molecule has 1 aliphatic heterocycles. The van der Waals surface area contributed by atoms with E-state index in [2.05, 4.69) is 27.9 Å². The zero-order chi connectivity index (χ0) is 11.2. The van der Waals surface area contributed by atoms with E-state index in [0.717, 1.165) is 30.0 Å². The molecule has 0 radical (unpaired) electrons. The molecule has 1 heterocycles. The Morgan fingerprint density at radius 3 is 2.60 bits per heavy atom. The monoisotopic (exact) mass is 543 g/mol. The van der Waals surface area contributed by atoms with Crippen LogP contribution in [0.15, 0.2) is 0 Å². The van der Waals surface area contributed by atoms with Crippen molar-refractivity contribution < 1.29 is 17.2 Å². The first-order chi connectivity index (χ1) is 7.02. The van der Waals surface area contributed by atoms with Gasteiger partial charge in [0, 0.05) is 0 Å². The maximum absolute atomic E-state index is 6.11. The summed E-state index contributed by atoms with van der Waals surface area (Å²) in [5.41, 5.74) is 21.8. The number of benzene rings is 1. The number of rotatable bonds is 0. The van der Waals surface area contributed by atoms with E-state index in [1.54, 1.807) is 0 Å². The summed E-state index contributed by atoms with van der Waals surface area (Å²) in [5, 5.41) is 3.20. The van der Waals surface area contributed by atoms with E-state index in [1.807, 2.05) is 6.92 Å². The van der Waals surface area contributed by atoms with Crippen LogP contribution in [0, 0.1) is 14.1 Å². The molecule has 0 bridgehead atoms. The number of fused-ring (bicyclic) bond motifs is 1. The molecule has 4 nitrogen and oxygen atoms in total. The van der Waals surface area contributed by atoms with Crippen LogP contribution in [0.1, 0.15) is 5.56 Å². The molecule has 0 saturated carbocycles. The van der Waals surface area contributed by atoms with Gasteiger partial charge in [-0.05, 0) is 0 Å². The first-order valence-electron chi connectivity index (χ1n) is 4.08. The Kier molecular flexibility index (Phi) is 3.62. The predicted octanol–water partition coefficient (Wildman–Crippen LogP) is -1.62. The van der Waals surface area contributed by atoms with Crippen molar-refractivity contribution in [3.8, 4) is 0 Å². The molecule has 0 aromatic heterocycles. The van der Waals surface area contributed by atoms with Gasteiger partial charge in [-0.15, -0.1) is 0 Å². The second kappa shape index (κ2) is 4.49. The van der Waals surface area contributed by atoms with Crippen molar-refractivity contribution >= 4 is 60.2 Å². The van der Waals surface area contributed by atoms with Crippen LogP contribution in [-0.2, 0) is 0 Å². The second-order valence-electron chi connectivity index (χ2n) is 3.07. The molecule has 1 aliphatic rings. The van der Waals surface area contributed by atoms with Gasteiger partial charge in [-0.25, -0.2) is 0 Å². The average Bonchev–Trinajstić information content (AvgIpc) is 2.23. The van der Waals surface area contributed by atoms with Gasteiger partial charge in [-0.1, -0.05) is 0 Å². The molecule has 2 rings (SSSR count). The van der Waals surface area contributed by atoms with Gasteiger partial charge in [0.15, 0.2) is 0 Å². The fourth-order valence-corrected chi connectivity index (χ4v) is 10.2. The molecule has 0 fully saturated rings. The van der Waals surface area contributed by atoms with Gasteiger partial charge >= 0.3 is 120 Å². The first kappa shape index (κ1) is 12.1. The minimum absolute atomic E-state index is 0.0340. The Balaban J connectivity index is 2.70. The second-order valence-corrected chi connectivity index (χ2v) is 12.7. The standard InChI is InChI=1S/C8H10I3N4/c1-2-3(9)6(13)7-4(5(2)12)10-11-8(14)15-7/h15H,12-14H2,1H3/q-1. The van der Waals surface area contributed by atoms with Gasteiger partial charge in [0.05, 0.1) is 0 Å². The SMILES string of the molecule is Cc1c(N)c2c(c(N)c1I)NC(N)=I[I-]2. The van der Waals surface area contributed by atoms with Gasteiger partial charge < -0.3 is 0 Å². The van der Waals surface area contributed by atoms with Crippen LogP contribution in [0.2, 0.25) is 0 Å². The molecule has 0 atom stereocenters. The van der Waals surface area contributed by atoms with Crippen LogP contribution < -0.4 is 39.7 Å². The molecule has 0 spiro atoms. The fourth-order valence-electron chi connectivity index (χ4n) is 1.26. The molecule has 0 amide bonds. The molecule has 0 unspecified atom stereocenters. The first-order valence-corrected chi connectivity index (χ1v) is 13.6. The van der Waals surface area contributed by atoms with E-state index in [-0.39, 0.29) is 34.0 Å². The fraction of sp³-hybridized carbons (Fsp3) is 0.125. The van der Waals surface area contributed by atoms with Gasteiger partial charge in [-0.3, -0.25) is 0 Å². The molecule has 0 aliphatic carbocycles. The van der Waals surface area contributed by atoms with Gasteiger partial charge in [0.1, 0.15) is 0 Å². The minimum atomic E-state index is -0.0361. The maximum atomic E-state index is 6.11. The number of hydrogen-bond donors (Lipinski definition) is 4. The number of halogens is 3. The quantitative estimate of drug-likeness (QED) is 0.234. The van der Waals surface area contributed by atoms with E-state index in [0.29, 0.717) is 0 Å². The summed E-state index contributed by atoms with van der Waals surface area (Å²) in [6, 6.07) is 0. The Morgan fingerprint density at radius 1 is 1.27 bits per heavy atom. The summed E-state index contributed by atoms with van der Waals surface area (Å²) in [4.78, 5) is 0. The van der Waals surface area contributed by atoms with Crippen molar-refractivity contribution in [1.29, 1.82) is 0 Å². The summed E-state index contributed by atoms with van der Waals surface area (Å²) >= 11 is 2.16. The number of nitrogen functional groups attached to an aromatic ring is 2. The number of hydrogen-bond acceptors (Lipinski definition) is 4. The van der Waals surface area contributed by atoms with Crippen LogP contribution in [-0.4, -0.2) is 3.76 Å². The normalized spacial score (nSPS) is 15.3. The van der Waals surface area contributed by atoms with Gasteiger partial charge in [0.25, 0.3) is 0 Å². The van der Waals surface area contributed by atoms with Crippen LogP contribution >= 0.6 is 39.3 Å². The molecule has 7 heteroatoms. The summed E-state index contributed by atoms with van der Waals surface area (Å²) in [6.07, 6.45) is 0. The average molecular weight is 543 g/mol. The van der Waals surface area contributed by atoms with Crippen molar-refractivity contribution in [1.82, 2.24) is 0 Å². The zero-order valence-corrected chi connectivity index (χ0v) is 14.3. The van der Waals surface area contributed by atoms with Crippen LogP contribution in [0.5, 0.6) is 0 Å². The van der Waals surface area contributed by atoms with Crippen molar-refractivity contribution in [3.05, 3.63) is 12.7 Å². The Hall–Kier alpha value is 0.640. The Bertz CT molecular complexity index is 470. The third-order valence-corrected chi connectivity index (χ3v) is 13.0. The number of anilines is 3. The molecule has 7 N–H and O–H groups in total. The number of nitrogens with two attached hydrogens (primary N) is 3. The van der Waals surface area contributed by atoms with E-state index >= 15 is 0 Å². The topological polar surface area (TPSA) is 90.1 Å². The van der Waals surface area contributed by atoms with E-state index in [4.69, 9.17) is 17.2 Å². The van der Waals surface area contributed by atoms with E-state index in [1.165, 1.54) is 3.57 Å². The third kappa shape index (κ3) is 2.07. The van der Waals surface area contributed by atoms with Gasteiger partial charge in [-0.2, -0.15) is 0 Å². The molecular formula is C8H10I3N4-. The van der Waals surface area contributed by atoms with Crippen LogP contribution in [0.25, 0.3) is 0 Å². The molecule has 0 saturated heterocycles. The number of nitrogens with one attached hydrogen (secondary N) is 1. The Morgan fingerprint density at radius 2 is 1.93 bits per heavy atom. The van der Waals surface area contributed by atoms with E-state index in [9.17, 15) is 0 Å². The van der Waals surface area contributed by atoms with Crippen LogP contribution in [0.4, 0.5) is 17.1 Å². The van der Waals surface area contributed by atoms with E-state index < -0.39 is 0 Å². The van der Waals surface area contributed by atoms with Crippen molar-refractivity contribution in [2.75, 3.05) is 16.8 Å². The van der Waals surface area contributed by atoms with Crippen molar-refractivity contribution in [2.45, 2.75) is 6.92 Å². The molecule has 15 heavy (non-hydrogen) atoms. The molecule has 1 aromatic rings. The molecule has 84 valence electrons. The molecular weight excluding hydrogens is 533 g/mol. The van der Waals surface area contributed by atoms with Crippen molar-refractivity contribution in [3.63, 3.8) is 0 Å². The van der Waals surface area contributed by atoms with Gasteiger partial charge in [0.2, 0.25) is 0 Å². The predicted molar refractivity (Wildman–Crippen MR) is 78.3 cm³/mol. The van der Waals surface area contributed by atoms with Crippen molar-refractivity contribution in [2.24, 2.45) is 5.73 Å². The third-order valence-electron chi connectivity index (χ3n) is 2.12. The molecule has 1 aromatic carbocycles. The summed E-state index contributed by atoms with van der Waals surface area (Å²) < 4.78 is 3.21. The zero-order valence-electron chi connectivity index (χ0n) is 7.87. The Labute approximate surface area is 118 Å². The summed E-state index contributed by atoms with van der Waals surface area (Å²) in [7, 11) is 0. The summed E-state index contributed by atoms with van der Waals surface area (Å²) in [6.45, 7) is 2.03. The summed E-state index contributed by atoms with van der Waals surface area (Å²) in [5.74, 6) is 0. The van der Waals surface area contributed by atoms with Crippen LogP contribution in [0.3, 0.4) is 0 Å².